The molecule has 0 bridgehead atoms. The third-order valence-electron chi connectivity index (χ3n) is 5.20. The molecule has 1 amide bonds. The van der Waals surface area contributed by atoms with E-state index in [0.29, 0.717) is 12.3 Å². The van der Waals surface area contributed by atoms with Crippen LogP contribution in [0.5, 0.6) is 0 Å². The zero-order chi connectivity index (χ0) is 13.0. The number of fused-ring (bicyclic) bond motifs is 2. The quantitative estimate of drug-likeness (QED) is 0.855. The van der Waals surface area contributed by atoms with E-state index in [4.69, 9.17) is 0 Å². The molecule has 100 valence electrons. The Morgan fingerprint density at radius 1 is 1.21 bits per heavy atom. The monoisotopic (exact) mass is 257 g/mol. The second-order valence-electron chi connectivity index (χ2n) is 6.25. The first-order valence-corrected chi connectivity index (χ1v) is 7.35. The Kier molecular flexibility index (Phi) is 2.46. The van der Waals surface area contributed by atoms with Crippen LogP contribution in [0.15, 0.2) is 18.2 Å². The van der Waals surface area contributed by atoms with Gasteiger partial charge < -0.3 is 10.4 Å². The molecule has 0 aromatic heterocycles. The summed E-state index contributed by atoms with van der Waals surface area (Å²) in [4.78, 5) is 11.3. The van der Waals surface area contributed by atoms with Gasteiger partial charge in [0.15, 0.2) is 0 Å². The van der Waals surface area contributed by atoms with E-state index in [1.165, 1.54) is 24.8 Å². The van der Waals surface area contributed by atoms with E-state index in [9.17, 15) is 9.90 Å². The van der Waals surface area contributed by atoms with Crippen molar-refractivity contribution in [2.75, 3.05) is 5.32 Å². The molecule has 3 aliphatic rings. The van der Waals surface area contributed by atoms with Gasteiger partial charge in [0, 0.05) is 12.1 Å². The van der Waals surface area contributed by atoms with Crippen molar-refractivity contribution in [3.05, 3.63) is 29.3 Å². The fourth-order valence-electron chi connectivity index (χ4n) is 4.15. The van der Waals surface area contributed by atoms with E-state index >= 15 is 0 Å². The van der Waals surface area contributed by atoms with Gasteiger partial charge >= 0.3 is 0 Å². The molecular formula is C16H19NO2. The predicted octanol–water partition coefficient (Wildman–Crippen LogP) is 2.65. The Morgan fingerprint density at radius 3 is 2.79 bits per heavy atom. The summed E-state index contributed by atoms with van der Waals surface area (Å²) in [7, 11) is 0. The highest BCUT2D eigenvalue weighted by molar-refractivity contribution is 5.93. The molecule has 2 aliphatic carbocycles. The number of anilines is 1. The molecule has 2 saturated carbocycles. The Hall–Kier alpha value is -1.35. The first kappa shape index (κ1) is 11.5. The number of carbonyl (C=O) groups excluding carboxylic acids is 1. The summed E-state index contributed by atoms with van der Waals surface area (Å²) in [6, 6.07) is 6.01. The molecule has 1 aromatic rings. The lowest BCUT2D eigenvalue weighted by atomic mass is 9.94. The molecule has 0 saturated heterocycles. The molecule has 1 aromatic carbocycles. The highest BCUT2D eigenvalue weighted by atomic mass is 16.3. The maximum Gasteiger partial charge on any atom is 0.224 e. The van der Waals surface area contributed by atoms with Gasteiger partial charge in [0.05, 0.1) is 6.10 Å². The van der Waals surface area contributed by atoms with Crippen molar-refractivity contribution in [2.45, 2.75) is 38.2 Å². The van der Waals surface area contributed by atoms with Gasteiger partial charge in [-0.15, -0.1) is 0 Å². The van der Waals surface area contributed by atoms with Crippen LogP contribution in [0.2, 0.25) is 0 Å². The molecule has 2 fully saturated rings. The van der Waals surface area contributed by atoms with Crippen LogP contribution in [0.4, 0.5) is 5.69 Å². The summed E-state index contributed by atoms with van der Waals surface area (Å²) in [5.74, 6) is 2.12. The van der Waals surface area contributed by atoms with E-state index in [0.717, 1.165) is 29.5 Å². The van der Waals surface area contributed by atoms with Crippen molar-refractivity contribution in [3.63, 3.8) is 0 Å². The molecule has 2 N–H and O–H groups in total. The molecule has 0 radical (unpaired) electrons. The van der Waals surface area contributed by atoms with E-state index in [-0.39, 0.29) is 12.0 Å². The molecule has 3 heteroatoms. The van der Waals surface area contributed by atoms with Crippen LogP contribution in [-0.2, 0) is 11.2 Å². The number of carbonyl (C=O) groups is 1. The number of amides is 1. The molecule has 4 rings (SSSR count). The Bertz CT molecular complexity index is 530. The molecule has 19 heavy (non-hydrogen) atoms. The predicted molar refractivity (Wildman–Crippen MR) is 72.7 cm³/mol. The van der Waals surface area contributed by atoms with E-state index in [2.05, 4.69) is 11.4 Å². The fourth-order valence-corrected chi connectivity index (χ4v) is 4.15. The Morgan fingerprint density at radius 2 is 2.00 bits per heavy atom. The molecule has 3 nitrogen and oxygen atoms in total. The van der Waals surface area contributed by atoms with Crippen molar-refractivity contribution in [1.29, 1.82) is 0 Å². The van der Waals surface area contributed by atoms with Crippen LogP contribution in [0.3, 0.4) is 0 Å². The summed E-state index contributed by atoms with van der Waals surface area (Å²) in [6.07, 6.45) is 4.98. The molecule has 1 aliphatic heterocycles. The van der Waals surface area contributed by atoms with Gasteiger partial charge in [-0.05, 0) is 54.2 Å². The summed E-state index contributed by atoms with van der Waals surface area (Å²) < 4.78 is 0. The van der Waals surface area contributed by atoms with Crippen LogP contribution < -0.4 is 5.32 Å². The average Bonchev–Trinajstić information content (AvgIpc) is 2.89. The summed E-state index contributed by atoms with van der Waals surface area (Å²) >= 11 is 0. The summed E-state index contributed by atoms with van der Waals surface area (Å²) in [5, 5.41) is 13.4. The number of aliphatic hydroxyl groups is 1. The van der Waals surface area contributed by atoms with Gasteiger partial charge in [-0.1, -0.05) is 18.6 Å². The van der Waals surface area contributed by atoms with Gasteiger partial charge in [-0.25, -0.2) is 0 Å². The van der Waals surface area contributed by atoms with Crippen LogP contribution in [0.1, 0.15) is 42.9 Å². The molecular weight excluding hydrogens is 238 g/mol. The smallest absolute Gasteiger partial charge is 0.224 e. The van der Waals surface area contributed by atoms with E-state index < -0.39 is 0 Å². The molecule has 3 unspecified atom stereocenters. The maximum atomic E-state index is 11.3. The number of benzene rings is 1. The standard InChI is InChI=1S/C16H19NO2/c18-14-7-5-9-8-10(4-6-13(9)17-14)16(19)15-11-2-1-3-12(11)15/h4,6,8,11-12,15-16,19H,1-3,5,7H2,(H,17,18). The van der Waals surface area contributed by atoms with Crippen LogP contribution in [0, 0.1) is 17.8 Å². The number of aliphatic hydroxyl groups excluding tert-OH is 1. The van der Waals surface area contributed by atoms with Crippen molar-refractivity contribution in [2.24, 2.45) is 17.8 Å². The zero-order valence-corrected chi connectivity index (χ0v) is 10.9. The fraction of sp³-hybridized carbons (Fsp3) is 0.562. The first-order valence-electron chi connectivity index (χ1n) is 7.35. The van der Waals surface area contributed by atoms with E-state index in [1.807, 2.05) is 12.1 Å². The largest absolute Gasteiger partial charge is 0.388 e. The second-order valence-corrected chi connectivity index (χ2v) is 6.25. The molecule has 1 heterocycles. The van der Waals surface area contributed by atoms with Gasteiger partial charge in [-0.3, -0.25) is 4.79 Å². The lowest BCUT2D eigenvalue weighted by Gasteiger charge is -2.20. The Labute approximate surface area is 113 Å². The minimum absolute atomic E-state index is 0.0949. The van der Waals surface area contributed by atoms with Crippen LogP contribution in [-0.4, -0.2) is 11.0 Å². The Balaban J connectivity index is 1.57. The van der Waals surface area contributed by atoms with Crippen molar-refractivity contribution in [1.82, 2.24) is 0 Å². The summed E-state index contributed by atoms with van der Waals surface area (Å²) in [5.41, 5.74) is 3.12. The van der Waals surface area contributed by atoms with Gasteiger partial charge in [-0.2, -0.15) is 0 Å². The number of nitrogens with one attached hydrogen (secondary N) is 1. The van der Waals surface area contributed by atoms with Crippen molar-refractivity contribution >= 4 is 11.6 Å². The minimum atomic E-state index is -0.307. The number of aryl methyl sites for hydroxylation is 1. The normalized spacial score (nSPS) is 33.3. The highest BCUT2D eigenvalue weighted by Crippen LogP contribution is 2.62. The molecule has 0 spiro atoms. The SMILES string of the molecule is O=C1CCc2cc(C(O)C3C4CCCC43)ccc2N1. The lowest BCUT2D eigenvalue weighted by molar-refractivity contribution is -0.116. The third-order valence-corrected chi connectivity index (χ3v) is 5.20. The number of rotatable bonds is 2. The topological polar surface area (TPSA) is 49.3 Å². The van der Waals surface area contributed by atoms with Gasteiger partial charge in [0.2, 0.25) is 5.91 Å². The van der Waals surface area contributed by atoms with Crippen LogP contribution >= 0.6 is 0 Å². The van der Waals surface area contributed by atoms with Crippen LogP contribution in [0.25, 0.3) is 0 Å². The number of hydrogen-bond acceptors (Lipinski definition) is 2. The highest BCUT2D eigenvalue weighted by Gasteiger charge is 2.55. The van der Waals surface area contributed by atoms with Crippen molar-refractivity contribution in [3.8, 4) is 0 Å². The lowest BCUT2D eigenvalue weighted by Crippen LogP contribution is -2.19. The molecule has 3 atom stereocenters. The van der Waals surface area contributed by atoms with E-state index in [1.54, 1.807) is 0 Å². The zero-order valence-electron chi connectivity index (χ0n) is 10.9. The first-order chi connectivity index (χ1) is 9.24. The number of hydrogen-bond donors (Lipinski definition) is 2. The average molecular weight is 257 g/mol. The maximum absolute atomic E-state index is 11.3. The third kappa shape index (κ3) is 1.79. The van der Waals surface area contributed by atoms with Gasteiger partial charge in [0.25, 0.3) is 0 Å². The summed E-state index contributed by atoms with van der Waals surface area (Å²) in [6.45, 7) is 0. The second kappa shape index (κ2) is 4.07. The minimum Gasteiger partial charge on any atom is -0.388 e. The van der Waals surface area contributed by atoms with Gasteiger partial charge in [0.1, 0.15) is 0 Å². The van der Waals surface area contributed by atoms with Crippen molar-refractivity contribution < 1.29 is 9.90 Å².